The van der Waals surface area contributed by atoms with Gasteiger partial charge in [0.2, 0.25) is 5.95 Å². The molecular weight excluding hydrogens is 379 g/mol. The summed E-state index contributed by atoms with van der Waals surface area (Å²) in [7, 11) is 1.72. The molecule has 0 spiro atoms. The third-order valence-electron chi connectivity index (χ3n) is 5.41. The van der Waals surface area contributed by atoms with Crippen molar-refractivity contribution < 1.29 is 13.9 Å². The van der Waals surface area contributed by atoms with Gasteiger partial charge in [-0.1, -0.05) is 0 Å². The van der Waals surface area contributed by atoms with Gasteiger partial charge in [-0.05, 0) is 6.42 Å². The van der Waals surface area contributed by atoms with Gasteiger partial charge in [0.05, 0.1) is 25.5 Å². The van der Waals surface area contributed by atoms with Gasteiger partial charge in [0.25, 0.3) is 0 Å². The molecule has 3 aromatic rings. The lowest BCUT2D eigenvalue weighted by atomic mass is 9.99. The second-order valence-corrected chi connectivity index (χ2v) is 7.49. The summed E-state index contributed by atoms with van der Waals surface area (Å²) >= 11 is 0. The SMILES string of the molecule is COCC1CN(c2c(-c3cn[nH]c3)ncn3nc(N[C@H]4CCOC[C@H]4F)nc23)C1. The fraction of sp³-hybridized carbons (Fsp3) is 0.556. The maximum atomic E-state index is 14.1. The van der Waals surface area contributed by atoms with Crippen LogP contribution in [0.25, 0.3) is 16.9 Å². The molecule has 0 radical (unpaired) electrons. The Kier molecular flexibility index (Phi) is 4.76. The monoisotopic (exact) mass is 402 g/mol. The molecule has 0 amide bonds. The van der Waals surface area contributed by atoms with Crippen molar-refractivity contribution in [1.29, 1.82) is 0 Å². The largest absolute Gasteiger partial charge is 0.384 e. The maximum Gasteiger partial charge on any atom is 0.243 e. The van der Waals surface area contributed by atoms with Gasteiger partial charge in [0.1, 0.15) is 23.9 Å². The van der Waals surface area contributed by atoms with E-state index in [0.717, 1.165) is 36.6 Å². The number of fused-ring (bicyclic) bond motifs is 1. The molecule has 5 rings (SSSR count). The Morgan fingerprint density at radius 1 is 1.41 bits per heavy atom. The lowest BCUT2D eigenvalue weighted by Gasteiger charge is -2.41. The van der Waals surface area contributed by atoms with Crippen LogP contribution in [0, 0.1) is 5.92 Å². The van der Waals surface area contributed by atoms with Crippen molar-refractivity contribution in [3.8, 4) is 11.3 Å². The predicted molar refractivity (Wildman–Crippen MR) is 104 cm³/mol. The van der Waals surface area contributed by atoms with Gasteiger partial charge in [-0.25, -0.2) is 9.37 Å². The number of nitrogens with zero attached hydrogens (tertiary/aromatic N) is 6. The molecule has 2 aliphatic heterocycles. The molecule has 2 saturated heterocycles. The fourth-order valence-corrected chi connectivity index (χ4v) is 3.91. The average molecular weight is 402 g/mol. The molecule has 2 fully saturated rings. The normalized spacial score (nSPS) is 22.8. The highest BCUT2D eigenvalue weighted by molar-refractivity contribution is 5.85. The van der Waals surface area contributed by atoms with Crippen LogP contribution < -0.4 is 10.2 Å². The van der Waals surface area contributed by atoms with Crippen LogP contribution >= 0.6 is 0 Å². The molecule has 154 valence electrons. The highest BCUT2D eigenvalue weighted by Crippen LogP contribution is 2.36. The summed E-state index contributed by atoms with van der Waals surface area (Å²) in [5.74, 6) is 0.855. The molecule has 2 atom stereocenters. The van der Waals surface area contributed by atoms with Crippen LogP contribution in [-0.4, -0.2) is 82.0 Å². The molecule has 5 heterocycles. The molecule has 3 aromatic heterocycles. The Hall–Kier alpha value is -2.79. The maximum absolute atomic E-state index is 14.1. The van der Waals surface area contributed by atoms with Gasteiger partial charge in [0.15, 0.2) is 5.65 Å². The molecule has 0 saturated carbocycles. The highest BCUT2D eigenvalue weighted by atomic mass is 19.1. The average Bonchev–Trinajstić information content (AvgIpc) is 3.35. The van der Waals surface area contributed by atoms with Gasteiger partial charge in [-0.15, -0.1) is 5.10 Å². The van der Waals surface area contributed by atoms with Crippen LogP contribution in [0.1, 0.15) is 6.42 Å². The summed E-state index contributed by atoms with van der Waals surface area (Å²) in [4.78, 5) is 11.5. The van der Waals surface area contributed by atoms with E-state index in [-0.39, 0.29) is 12.6 Å². The first kappa shape index (κ1) is 18.3. The molecule has 29 heavy (non-hydrogen) atoms. The van der Waals surface area contributed by atoms with Crippen LogP contribution in [0.2, 0.25) is 0 Å². The third-order valence-corrected chi connectivity index (χ3v) is 5.41. The molecule has 0 aromatic carbocycles. The van der Waals surface area contributed by atoms with Gasteiger partial charge >= 0.3 is 0 Å². The van der Waals surface area contributed by atoms with Crippen molar-refractivity contribution in [3.05, 3.63) is 18.7 Å². The van der Waals surface area contributed by atoms with E-state index in [9.17, 15) is 4.39 Å². The molecule has 2 N–H and O–H groups in total. The lowest BCUT2D eigenvalue weighted by molar-refractivity contribution is 0.0284. The summed E-state index contributed by atoms with van der Waals surface area (Å²) in [6.45, 7) is 3.04. The van der Waals surface area contributed by atoms with Crippen LogP contribution in [0.3, 0.4) is 0 Å². The van der Waals surface area contributed by atoms with Crippen LogP contribution in [0.15, 0.2) is 18.7 Å². The van der Waals surface area contributed by atoms with Crippen molar-refractivity contribution in [2.75, 3.05) is 50.2 Å². The minimum atomic E-state index is -1.08. The number of rotatable bonds is 6. The van der Waals surface area contributed by atoms with Crippen molar-refractivity contribution in [3.63, 3.8) is 0 Å². The predicted octanol–water partition coefficient (Wildman–Crippen LogP) is 1.14. The van der Waals surface area contributed by atoms with Crippen molar-refractivity contribution >= 4 is 17.3 Å². The van der Waals surface area contributed by atoms with Crippen molar-refractivity contribution in [2.24, 2.45) is 5.92 Å². The summed E-state index contributed by atoms with van der Waals surface area (Å²) in [5.41, 5.74) is 3.24. The summed E-state index contributed by atoms with van der Waals surface area (Å²) < 4.78 is 26.2. The molecule has 0 unspecified atom stereocenters. The minimum Gasteiger partial charge on any atom is -0.384 e. The van der Waals surface area contributed by atoms with E-state index in [4.69, 9.17) is 9.47 Å². The quantitative estimate of drug-likeness (QED) is 0.632. The van der Waals surface area contributed by atoms with E-state index >= 15 is 0 Å². The first-order valence-electron chi connectivity index (χ1n) is 9.69. The van der Waals surface area contributed by atoms with E-state index in [2.05, 4.69) is 35.5 Å². The topological polar surface area (TPSA) is 105 Å². The zero-order valence-corrected chi connectivity index (χ0v) is 16.1. The first-order valence-corrected chi connectivity index (χ1v) is 9.69. The number of halogens is 1. The van der Waals surface area contributed by atoms with E-state index in [0.29, 0.717) is 30.5 Å². The number of H-pyrrole nitrogens is 1. The Balaban J connectivity index is 1.50. The van der Waals surface area contributed by atoms with Crippen LogP contribution in [0.5, 0.6) is 0 Å². The molecule has 0 bridgehead atoms. The van der Waals surface area contributed by atoms with Gasteiger partial charge < -0.3 is 19.7 Å². The van der Waals surface area contributed by atoms with E-state index < -0.39 is 6.17 Å². The van der Waals surface area contributed by atoms with Crippen molar-refractivity contribution in [2.45, 2.75) is 18.6 Å². The zero-order valence-electron chi connectivity index (χ0n) is 16.1. The summed E-state index contributed by atoms with van der Waals surface area (Å²) in [5, 5.41) is 14.5. The molecular formula is C18H23FN8O2. The summed E-state index contributed by atoms with van der Waals surface area (Å²) in [6.07, 6.45) is 4.66. The second-order valence-electron chi connectivity index (χ2n) is 7.49. The fourth-order valence-electron chi connectivity index (χ4n) is 3.91. The number of aromatic nitrogens is 6. The Bertz CT molecular complexity index is 972. The number of alkyl halides is 1. The van der Waals surface area contributed by atoms with E-state index in [1.165, 1.54) is 0 Å². The van der Waals surface area contributed by atoms with Gasteiger partial charge in [-0.2, -0.15) is 14.6 Å². The Morgan fingerprint density at radius 3 is 3.07 bits per heavy atom. The Morgan fingerprint density at radius 2 is 2.31 bits per heavy atom. The van der Waals surface area contributed by atoms with Crippen LogP contribution in [-0.2, 0) is 9.47 Å². The molecule has 2 aliphatic rings. The molecule has 10 nitrogen and oxygen atoms in total. The third kappa shape index (κ3) is 3.40. The number of methoxy groups -OCH3 is 1. The lowest BCUT2D eigenvalue weighted by Crippen LogP contribution is -2.49. The van der Waals surface area contributed by atoms with Gasteiger partial charge in [-0.3, -0.25) is 5.10 Å². The second kappa shape index (κ2) is 7.56. The Labute approximate surface area is 166 Å². The number of hydrogen-bond donors (Lipinski definition) is 2. The zero-order chi connectivity index (χ0) is 19.8. The molecule has 0 aliphatic carbocycles. The minimum absolute atomic E-state index is 0.0944. The number of aromatic amines is 1. The standard InChI is InChI=1S/C18H23FN8O2/c1-28-8-11-6-26(7-11)16-15(12-4-21-22-5-12)20-10-27-17(16)24-18(25-27)23-14-2-3-29-9-13(14)19/h4-5,10-11,13-14H,2-3,6-9H2,1H3,(H,21,22)(H,23,25)/t13-,14+/m1/s1. The number of ether oxygens (including phenoxy) is 2. The first-order chi connectivity index (χ1) is 14.2. The summed E-state index contributed by atoms with van der Waals surface area (Å²) in [6, 6.07) is -0.360. The highest BCUT2D eigenvalue weighted by Gasteiger charge is 2.32. The number of anilines is 2. The van der Waals surface area contributed by atoms with E-state index in [1.807, 2.05) is 0 Å². The van der Waals surface area contributed by atoms with Crippen molar-refractivity contribution in [1.82, 2.24) is 29.8 Å². The number of hydrogen-bond acceptors (Lipinski definition) is 8. The smallest absolute Gasteiger partial charge is 0.243 e. The van der Waals surface area contributed by atoms with Crippen LogP contribution in [0.4, 0.5) is 16.0 Å². The number of nitrogens with one attached hydrogen (secondary N) is 2. The van der Waals surface area contributed by atoms with E-state index in [1.54, 1.807) is 30.3 Å². The van der Waals surface area contributed by atoms with Gasteiger partial charge in [0, 0.05) is 44.5 Å². The molecule has 11 heteroatoms.